The van der Waals surface area contributed by atoms with Crippen LogP contribution in [0.3, 0.4) is 0 Å². The largest absolute Gasteiger partial charge is 0.368 e. The third-order valence-electron chi connectivity index (χ3n) is 4.60. The van der Waals surface area contributed by atoms with Crippen molar-refractivity contribution in [3.05, 3.63) is 59.9 Å². The Bertz CT molecular complexity index is 784. The highest BCUT2D eigenvalue weighted by Crippen LogP contribution is 2.16. The first-order valence-electron chi connectivity index (χ1n) is 9.38. The number of hydrogen-bond acceptors (Lipinski definition) is 4. The molecule has 0 bridgehead atoms. The number of aromatic nitrogens is 1. The first kappa shape index (κ1) is 18.9. The molecule has 3 rings (SSSR count). The van der Waals surface area contributed by atoms with Crippen LogP contribution in [-0.4, -0.2) is 54.4 Å². The fourth-order valence-electron chi connectivity index (χ4n) is 3.06. The number of pyridine rings is 1. The molecule has 0 spiro atoms. The van der Waals surface area contributed by atoms with Crippen molar-refractivity contribution in [2.75, 3.05) is 37.6 Å². The lowest BCUT2D eigenvalue weighted by Crippen LogP contribution is -2.49. The maximum atomic E-state index is 12.8. The monoisotopic (exact) mass is 366 g/mol. The van der Waals surface area contributed by atoms with Crippen molar-refractivity contribution in [1.82, 2.24) is 15.2 Å². The van der Waals surface area contributed by atoms with Crippen molar-refractivity contribution in [2.45, 2.75) is 13.8 Å². The van der Waals surface area contributed by atoms with Crippen LogP contribution in [0.15, 0.2) is 48.7 Å². The summed E-state index contributed by atoms with van der Waals surface area (Å²) in [5.74, 6) is 0.0769. The molecule has 27 heavy (non-hydrogen) atoms. The van der Waals surface area contributed by atoms with E-state index >= 15 is 0 Å². The van der Waals surface area contributed by atoms with Gasteiger partial charge in [0.15, 0.2) is 0 Å². The molecule has 0 unspecified atom stereocenters. The Labute approximate surface area is 160 Å². The number of anilines is 1. The van der Waals surface area contributed by atoms with Gasteiger partial charge < -0.3 is 15.1 Å². The number of amides is 2. The quantitative estimate of drug-likeness (QED) is 0.883. The second kappa shape index (κ2) is 8.66. The zero-order valence-electron chi connectivity index (χ0n) is 15.9. The molecule has 142 valence electrons. The molecule has 2 amide bonds. The van der Waals surface area contributed by atoms with E-state index in [-0.39, 0.29) is 11.8 Å². The van der Waals surface area contributed by atoms with Crippen LogP contribution < -0.4 is 10.2 Å². The first-order valence-corrected chi connectivity index (χ1v) is 9.38. The highest BCUT2D eigenvalue weighted by molar-refractivity contribution is 5.98. The second-order valence-electron chi connectivity index (χ2n) is 7.15. The Morgan fingerprint density at radius 2 is 1.78 bits per heavy atom. The zero-order valence-corrected chi connectivity index (χ0v) is 15.9. The number of piperazine rings is 1. The Morgan fingerprint density at radius 1 is 1.07 bits per heavy atom. The van der Waals surface area contributed by atoms with Gasteiger partial charge in [-0.25, -0.2) is 0 Å². The summed E-state index contributed by atoms with van der Waals surface area (Å²) in [5.41, 5.74) is 1.96. The molecule has 0 atom stereocenters. The summed E-state index contributed by atoms with van der Waals surface area (Å²) in [6.07, 6.45) is 1.53. The maximum absolute atomic E-state index is 12.8. The van der Waals surface area contributed by atoms with Crippen LogP contribution in [0.5, 0.6) is 0 Å². The molecule has 2 aromatic rings. The van der Waals surface area contributed by atoms with Crippen LogP contribution in [-0.2, 0) is 0 Å². The van der Waals surface area contributed by atoms with Gasteiger partial charge in [0.25, 0.3) is 11.8 Å². The van der Waals surface area contributed by atoms with Gasteiger partial charge in [-0.3, -0.25) is 14.6 Å². The number of para-hydroxylation sites is 1. The summed E-state index contributed by atoms with van der Waals surface area (Å²) in [6, 6.07) is 13.4. The molecule has 2 heterocycles. The predicted molar refractivity (Wildman–Crippen MR) is 106 cm³/mol. The third-order valence-corrected chi connectivity index (χ3v) is 4.60. The van der Waals surface area contributed by atoms with Crippen LogP contribution in [0, 0.1) is 5.92 Å². The molecule has 1 aromatic carbocycles. The van der Waals surface area contributed by atoms with Crippen molar-refractivity contribution in [2.24, 2.45) is 5.92 Å². The van der Waals surface area contributed by atoms with Crippen molar-refractivity contribution in [3.8, 4) is 0 Å². The number of rotatable bonds is 5. The molecule has 1 N–H and O–H groups in total. The van der Waals surface area contributed by atoms with E-state index in [4.69, 9.17) is 0 Å². The molecular weight excluding hydrogens is 340 g/mol. The minimum atomic E-state index is -0.172. The van der Waals surface area contributed by atoms with Crippen LogP contribution in [0.25, 0.3) is 0 Å². The van der Waals surface area contributed by atoms with Crippen molar-refractivity contribution in [1.29, 1.82) is 0 Å². The van der Waals surface area contributed by atoms with Gasteiger partial charge in [-0.15, -0.1) is 0 Å². The number of benzene rings is 1. The average molecular weight is 366 g/mol. The Balaban J connectivity index is 1.61. The summed E-state index contributed by atoms with van der Waals surface area (Å²) >= 11 is 0. The number of nitrogens with one attached hydrogen (secondary N) is 1. The lowest BCUT2D eigenvalue weighted by molar-refractivity contribution is 0.0741. The standard InChI is InChI=1S/C21H26N4O2/c1-16(2)15-23-20(26)17-8-9-22-19(14-17)21(27)25-12-10-24(11-13-25)18-6-4-3-5-7-18/h3-9,14,16H,10-13,15H2,1-2H3,(H,23,26). The van der Waals surface area contributed by atoms with E-state index in [1.54, 1.807) is 17.0 Å². The van der Waals surface area contributed by atoms with Gasteiger partial charge in [0.1, 0.15) is 5.69 Å². The molecule has 6 heteroatoms. The Morgan fingerprint density at radius 3 is 2.44 bits per heavy atom. The van der Waals surface area contributed by atoms with E-state index in [0.717, 1.165) is 13.1 Å². The summed E-state index contributed by atoms with van der Waals surface area (Å²) in [5, 5.41) is 2.87. The summed E-state index contributed by atoms with van der Waals surface area (Å²) in [6.45, 7) is 7.52. The minimum absolute atomic E-state index is 0.124. The van der Waals surface area contributed by atoms with E-state index < -0.39 is 0 Å². The molecule has 0 radical (unpaired) electrons. The second-order valence-corrected chi connectivity index (χ2v) is 7.15. The van der Waals surface area contributed by atoms with Gasteiger partial charge in [-0.1, -0.05) is 32.0 Å². The zero-order chi connectivity index (χ0) is 19.2. The van der Waals surface area contributed by atoms with E-state index in [1.807, 2.05) is 32.0 Å². The van der Waals surface area contributed by atoms with E-state index in [1.165, 1.54) is 11.9 Å². The molecule has 1 fully saturated rings. The van der Waals surface area contributed by atoms with E-state index in [0.29, 0.717) is 36.8 Å². The van der Waals surface area contributed by atoms with Crippen molar-refractivity contribution < 1.29 is 9.59 Å². The smallest absolute Gasteiger partial charge is 0.272 e. The Hall–Kier alpha value is -2.89. The van der Waals surface area contributed by atoms with Crippen LogP contribution in [0.4, 0.5) is 5.69 Å². The van der Waals surface area contributed by atoms with E-state index in [2.05, 4.69) is 27.3 Å². The summed E-state index contributed by atoms with van der Waals surface area (Å²) in [4.78, 5) is 33.3. The fraction of sp³-hybridized carbons (Fsp3) is 0.381. The van der Waals surface area contributed by atoms with Gasteiger partial charge in [-0.2, -0.15) is 0 Å². The normalized spacial score (nSPS) is 14.3. The van der Waals surface area contributed by atoms with Gasteiger partial charge in [-0.05, 0) is 30.2 Å². The molecule has 1 aromatic heterocycles. The summed E-state index contributed by atoms with van der Waals surface area (Å²) < 4.78 is 0. The number of carbonyl (C=O) groups is 2. The average Bonchev–Trinajstić information content (AvgIpc) is 2.72. The fourth-order valence-corrected chi connectivity index (χ4v) is 3.06. The minimum Gasteiger partial charge on any atom is -0.368 e. The molecule has 1 saturated heterocycles. The molecule has 1 aliphatic heterocycles. The van der Waals surface area contributed by atoms with Gasteiger partial charge in [0.2, 0.25) is 0 Å². The lowest BCUT2D eigenvalue weighted by Gasteiger charge is -2.36. The topological polar surface area (TPSA) is 65.5 Å². The van der Waals surface area contributed by atoms with Crippen LogP contribution in [0.1, 0.15) is 34.7 Å². The number of carbonyl (C=O) groups excluding carboxylic acids is 2. The lowest BCUT2D eigenvalue weighted by atomic mass is 10.1. The molecule has 6 nitrogen and oxygen atoms in total. The van der Waals surface area contributed by atoms with Gasteiger partial charge >= 0.3 is 0 Å². The number of hydrogen-bond donors (Lipinski definition) is 1. The summed E-state index contributed by atoms with van der Waals surface area (Å²) in [7, 11) is 0. The van der Waals surface area contributed by atoms with Gasteiger partial charge in [0, 0.05) is 50.2 Å². The highest BCUT2D eigenvalue weighted by Gasteiger charge is 2.23. The Kier molecular flexibility index (Phi) is 6.06. The van der Waals surface area contributed by atoms with Crippen molar-refractivity contribution >= 4 is 17.5 Å². The SMILES string of the molecule is CC(C)CNC(=O)c1ccnc(C(=O)N2CCN(c3ccccc3)CC2)c1. The first-order chi connectivity index (χ1) is 13.0. The molecule has 1 aliphatic rings. The molecule has 0 aliphatic carbocycles. The highest BCUT2D eigenvalue weighted by atomic mass is 16.2. The predicted octanol–water partition coefficient (Wildman–Crippen LogP) is 2.43. The van der Waals surface area contributed by atoms with E-state index in [9.17, 15) is 9.59 Å². The van der Waals surface area contributed by atoms with Gasteiger partial charge in [0.05, 0.1) is 0 Å². The molecular formula is C21H26N4O2. The number of nitrogens with zero attached hydrogens (tertiary/aromatic N) is 3. The van der Waals surface area contributed by atoms with Crippen LogP contribution in [0.2, 0.25) is 0 Å². The van der Waals surface area contributed by atoms with Crippen molar-refractivity contribution in [3.63, 3.8) is 0 Å². The third kappa shape index (κ3) is 4.84. The molecule has 0 saturated carbocycles. The van der Waals surface area contributed by atoms with Crippen LogP contribution >= 0.6 is 0 Å². The maximum Gasteiger partial charge on any atom is 0.272 e.